The molecule has 26 heavy (non-hydrogen) atoms. The number of hydrogen-bond donors (Lipinski definition) is 0. The summed E-state index contributed by atoms with van der Waals surface area (Å²) in [5, 5.41) is 11.3. The molecule has 5 rings (SSSR count). The number of fused-ring (bicyclic) bond motifs is 4. The van der Waals surface area contributed by atoms with Crippen molar-refractivity contribution in [2.24, 2.45) is 0 Å². The largest absolute Gasteiger partial charge is 0.155 e. The van der Waals surface area contributed by atoms with E-state index in [9.17, 15) is 0 Å². The highest BCUT2D eigenvalue weighted by atomic mass is 15.1. The van der Waals surface area contributed by atoms with E-state index in [2.05, 4.69) is 78.6 Å². The van der Waals surface area contributed by atoms with Crippen molar-refractivity contribution >= 4 is 10.8 Å². The highest BCUT2D eigenvalue weighted by molar-refractivity contribution is 5.92. The van der Waals surface area contributed by atoms with Crippen molar-refractivity contribution in [3.63, 3.8) is 0 Å². The highest BCUT2D eigenvalue weighted by Crippen LogP contribution is 2.40. The van der Waals surface area contributed by atoms with Crippen LogP contribution in [0.1, 0.15) is 27.9 Å². The lowest BCUT2D eigenvalue weighted by atomic mass is 9.98. The first-order valence-corrected chi connectivity index (χ1v) is 9.06. The van der Waals surface area contributed by atoms with Gasteiger partial charge in [0.25, 0.3) is 0 Å². The molecule has 2 nitrogen and oxygen atoms in total. The fourth-order valence-electron chi connectivity index (χ4n) is 3.92. The van der Waals surface area contributed by atoms with Gasteiger partial charge in [-0.15, -0.1) is 0 Å². The Kier molecular flexibility index (Phi) is 3.23. The van der Waals surface area contributed by atoms with Crippen LogP contribution in [0.5, 0.6) is 0 Å². The van der Waals surface area contributed by atoms with Gasteiger partial charge in [-0.1, -0.05) is 42.0 Å². The minimum atomic E-state index is 0.952. The van der Waals surface area contributed by atoms with Gasteiger partial charge in [0.15, 0.2) is 0 Å². The highest BCUT2D eigenvalue weighted by Gasteiger charge is 2.20. The van der Waals surface area contributed by atoms with E-state index in [-0.39, 0.29) is 0 Å². The Labute approximate surface area is 153 Å². The van der Waals surface area contributed by atoms with Gasteiger partial charge in [0, 0.05) is 5.56 Å². The van der Waals surface area contributed by atoms with Gasteiger partial charge in [-0.25, -0.2) is 0 Å². The third kappa shape index (κ3) is 2.33. The SMILES string of the molecule is Cc1ccc2cc3c(cc2c1)Cc1cc(-c2cc(C)c(C)nn2)ccc1-3. The molecule has 0 N–H and O–H groups in total. The maximum Gasteiger partial charge on any atom is 0.0932 e. The second-order valence-corrected chi connectivity index (χ2v) is 7.41. The van der Waals surface area contributed by atoms with Crippen LogP contribution >= 0.6 is 0 Å². The Morgan fingerprint density at radius 1 is 0.692 bits per heavy atom. The summed E-state index contributed by atoms with van der Waals surface area (Å²) < 4.78 is 0. The maximum absolute atomic E-state index is 4.39. The summed E-state index contributed by atoms with van der Waals surface area (Å²) in [5.74, 6) is 0. The second kappa shape index (κ2) is 5.50. The van der Waals surface area contributed by atoms with Crippen molar-refractivity contribution in [1.82, 2.24) is 10.2 Å². The molecular formula is C24H20N2. The summed E-state index contributed by atoms with van der Waals surface area (Å²) in [5.41, 5.74) is 11.1. The van der Waals surface area contributed by atoms with Crippen LogP contribution in [0, 0.1) is 20.8 Å². The van der Waals surface area contributed by atoms with Gasteiger partial charge in [-0.05, 0) is 84.0 Å². The van der Waals surface area contributed by atoms with E-state index in [0.29, 0.717) is 0 Å². The van der Waals surface area contributed by atoms with Crippen LogP contribution in [-0.4, -0.2) is 10.2 Å². The Hall–Kier alpha value is -3.00. The molecule has 1 aromatic heterocycles. The summed E-state index contributed by atoms with van der Waals surface area (Å²) in [6.45, 7) is 6.24. The molecule has 2 heteroatoms. The predicted octanol–water partition coefficient (Wildman–Crippen LogP) is 5.79. The van der Waals surface area contributed by atoms with E-state index in [1.807, 2.05) is 6.92 Å². The molecule has 0 aliphatic heterocycles. The van der Waals surface area contributed by atoms with Gasteiger partial charge in [0.1, 0.15) is 0 Å². The molecule has 1 aliphatic rings. The number of aryl methyl sites for hydroxylation is 3. The third-order valence-electron chi connectivity index (χ3n) is 5.52. The zero-order valence-corrected chi connectivity index (χ0v) is 15.3. The van der Waals surface area contributed by atoms with Crippen LogP contribution in [0.3, 0.4) is 0 Å². The molecule has 0 amide bonds. The first kappa shape index (κ1) is 15.3. The van der Waals surface area contributed by atoms with Crippen LogP contribution < -0.4 is 0 Å². The minimum Gasteiger partial charge on any atom is -0.155 e. The molecule has 4 aromatic rings. The van der Waals surface area contributed by atoms with Gasteiger partial charge in [0.2, 0.25) is 0 Å². The van der Waals surface area contributed by atoms with Crippen molar-refractivity contribution in [3.8, 4) is 22.4 Å². The van der Waals surface area contributed by atoms with Gasteiger partial charge >= 0.3 is 0 Å². The van der Waals surface area contributed by atoms with Crippen LogP contribution in [0.25, 0.3) is 33.2 Å². The van der Waals surface area contributed by atoms with Crippen molar-refractivity contribution in [2.45, 2.75) is 27.2 Å². The number of nitrogens with zero attached hydrogens (tertiary/aromatic N) is 2. The van der Waals surface area contributed by atoms with Crippen LogP contribution in [0.4, 0.5) is 0 Å². The summed E-state index contributed by atoms with van der Waals surface area (Å²) in [6, 6.07) is 20.2. The molecule has 0 radical (unpaired) electrons. The lowest BCUT2D eigenvalue weighted by molar-refractivity contribution is 0.967. The Morgan fingerprint density at radius 3 is 2.38 bits per heavy atom. The molecule has 0 atom stereocenters. The number of rotatable bonds is 1. The monoisotopic (exact) mass is 336 g/mol. The van der Waals surface area contributed by atoms with Crippen molar-refractivity contribution in [1.29, 1.82) is 0 Å². The zero-order valence-electron chi connectivity index (χ0n) is 15.3. The molecule has 0 spiro atoms. The van der Waals surface area contributed by atoms with E-state index in [0.717, 1.165) is 23.4 Å². The Balaban J connectivity index is 1.62. The first-order valence-electron chi connectivity index (χ1n) is 9.06. The molecule has 3 aromatic carbocycles. The minimum absolute atomic E-state index is 0.952. The predicted molar refractivity (Wildman–Crippen MR) is 107 cm³/mol. The first-order chi connectivity index (χ1) is 12.6. The lowest BCUT2D eigenvalue weighted by Crippen LogP contribution is -1.94. The Morgan fingerprint density at radius 2 is 1.54 bits per heavy atom. The summed E-state index contributed by atoms with van der Waals surface area (Å²) in [7, 11) is 0. The summed E-state index contributed by atoms with van der Waals surface area (Å²) in [4.78, 5) is 0. The smallest absolute Gasteiger partial charge is 0.0932 e. The molecule has 0 saturated carbocycles. The van der Waals surface area contributed by atoms with E-state index in [4.69, 9.17) is 0 Å². The Bertz CT molecular complexity index is 1190. The molecule has 0 unspecified atom stereocenters. The number of hydrogen-bond acceptors (Lipinski definition) is 2. The van der Waals surface area contributed by atoms with E-state index in [1.54, 1.807) is 0 Å². The van der Waals surface area contributed by atoms with Gasteiger partial charge in [-0.3, -0.25) is 0 Å². The number of aromatic nitrogens is 2. The molecule has 0 bridgehead atoms. The molecule has 0 saturated heterocycles. The second-order valence-electron chi connectivity index (χ2n) is 7.41. The summed E-state index contributed by atoms with van der Waals surface area (Å²) >= 11 is 0. The number of benzene rings is 3. The van der Waals surface area contributed by atoms with Crippen LogP contribution in [0.15, 0.2) is 54.6 Å². The molecule has 1 aliphatic carbocycles. The lowest BCUT2D eigenvalue weighted by Gasteiger charge is -2.07. The summed E-state index contributed by atoms with van der Waals surface area (Å²) in [6.07, 6.45) is 0.987. The quantitative estimate of drug-likeness (QED) is 0.387. The van der Waals surface area contributed by atoms with Gasteiger partial charge in [0.05, 0.1) is 11.4 Å². The van der Waals surface area contributed by atoms with E-state index in [1.165, 1.54) is 44.2 Å². The fraction of sp³-hybridized carbons (Fsp3) is 0.167. The van der Waals surface area contributed by atoms with Crippen LogP contribution in [0.2, 0.25) is 0 Å². The zero-order chi connectivity index (χ0) is 17.8. The van der Waals surface area contributed by atoms with E-state index >= 15 is 0 Å². The standard InChI is InChI=1S/C24H20N2/c1-14-4-5-17-13-23-21(11-19(17)8-14)12-20-10-18(6-7-22(20)23)24-9-15(2)16(3)25-26-24/h4-11,13H,12H2,1-3H3. The van der Waals surface area contributed by atoms with E-state index < -0.39 is 0 Å². The maximum atomic E-state index is 4.39. The van der Waals surface area contributed by atoms with Crippen molar-refractivity contribution in [2.75, 3.05) is 0 Å². The normalized spacial score (nSPS) is 12.3. The third-order valence-corrected chi connectivity index (χ3v) is 5.52. The average molecular weight is 336 g/mol. The van der Waals surface area contributed by atoms with Crippen molar-refractivity contribution < 1.29 is 0 Å². The van der Waals surface area contributed by atoms with Crippen LogP contribution in [-0.2, 0) is 6.42 Å². The fourth-order valence-corrected chi connectivity index (χ4v) is 3.92. The molecule has 0 fully saturated rings. The topological polar surface area (TPSA) is 25.8 Å². The van der Waals surface area contributed by atoms with Gasteiger partial charge in [-0.2, -0.15) is 10.2 Å². The molecule has 1 heterocycles. The van der Waals surface area contributed by atoms with Crippen molar-refractivity contribution in [3.05, 3.63) is 82.5 Å². The molecular weight excluding hydrogens is 316 g/mol. The average Bonchev–Trinajstić information content (AvgIpc) is 2.98. The molecule has 126 valence electrons. The van der Waals surface area contributed by atoms with Gasteiger partial charge < -0.3 is 0 Å².